The van der Waals surface area contributed by atoms with E-state index in [9.17, 15) is 4.79 Å². The molecule has 0 atom stereocenters. The predicted molar refractivity (Wildman–Crippen MR) is 88.6 cm³/mol. The number of aromatic amines is 1. The second-order valence-electron chi connectivity index (χ2n) is 4.54. The lowest BCUT2D eigenvalue weighted by Gasteiger charge is -1.96. The van der Waals surface area contributed by atoms with Crippen molar-refractivity contribution in [1.82, 2.24) is 15.0 Å². The van der Waals surface area contributed by atoms with Gasteiger partial charge in [0.2, 0.25) is 5.91 Å². The molecule has 0 saturated carbocycles. The molecule has 114 valence electrons. The lowest BCUT2D eigenvalue weighted by Crippen LogP contribution is -2.05. The molecule has 2 heterocycles. The zero-order valence-electron chi connectivity index (χ0n) is 12.0. The van der Waals surface area contributed by atoms with Crippen LogP contribution in [0.2, 0.25) is 0 Å². The van der Waals surface area contributed by atoms with E-state index in [0.29, 0.717) is 10.9 Å². The van der Waals surface area contributed by atoms with E-state index in [0.717, 1.165) is 27.6 Å². The number of hydrogen-bond donors (Lipinski definition) is 2. The number of H-pyrrole nitrogens is 1. The summed E-state index contributed by atoms with van der Waals surface area (Å²) < 4.78 is 5.20. The maximum Gasteiger partial charge on any atom is 0.223 e. The SMILES string of the molecule is COc1ccc2nc(SCc3csc(NC(C)=O)n3)[nH]c2c1. The molecule has 0 radical (unpaired) electrons. The van der Waals surface area contributed by atoms with Gasteiger partial charge in [0, 0.05) is 24.1 Å². The molecule has 0 unspecified atom stereocenters. The van der Waals surface area contributed by atoms with E-state index < -0.39 is 0 Å². The number of ether oxygens (including phenoxy) is 1. The Morgan fingerprint density at radius 3 is 3.09 bits per heavy atom. The molecule has 0 spiro atoms. The van der Waals surface area contributed by atoms with Crippen molar-refractivity contribution >= 4 is 45.2 Å². The molecule has 0 aliphatic carbocycles. The van der Waals surface area contributed by atoms with E-state index in [1.54, 1.807) is 18.9 Å². The Bertz CT molecular complexity index is 812. The van der Waals surface area contributed by atoms with Crippen molar-refractivity contribution in [2.24, 2.45) is 0 Å². The van der Waals surface area contributed by atoms with Crippen molar-refractivity contribution in [3.8, 4) is 5.75 Å². The fourth-order valence-corrected chi connectivity index (χ4v) is 3.52. The van der Waals surface area contributed by atoms with E-state index >= 15 is 0 Å². The van der Waals surface area contributed by atoms with Gasteiger partial charge in [-0.2, -0.15) is 0 Å². The number of methoxy groups -OCH3 is 1. The molecule has 1 amide bonds. The van der Waals surface area contributed by atoms with Crippen molar-refractivity contribution in [2.75, 3.05) is 12.4 Å². The molecule has 1 aromatic carbocycles. The van der Waals surface area contributed by atoms with Gasteiger partial charge in [0.05, 0.1) is 23.8 Å². The number of aromatic nitrogens is 3. The van der Waals surface area contributed by atoms with Crippen molar-refractivity contribution < 1.29 is 9.53 Å². The van der Waals surface area contributed by atoms with Crippen LogP contribution in [0.5, 0.6) is 5.75 Å². The van der Waals surface area contributed by atoms with Crippen molar-refractivity contribution in [3.05, 3.63) is 29.3 Å². The van der Waals surface area contributed by atoms with Crippen LogP contribution in [0.4, 0.5) is 5.13 Å². The molecule has 3 rings (SSSR count). The van der Waals surface area contributed by atoms with Gasteiger partial charge in [-0.25, -0.2) is 9.97 Å². The normalized spacial score (nSPS) is 10.8. The Kier molecular flexibility index (Phi) is 4.30. The topological polar surface area (TPSA) is 79.9 Å². The third-order valence-electron chi connectivity index (χ3n) is 2.86. The highest BCUT2D eigenvalue weighted by molar-refractivity contribution is 7.98. The number of hydrogen-bond acceptors (Lipinski definition) is 6. The number of nitrogens with one attached hydrogen (secondary N) is 2. The molecule has 2 aromatic heterocycles. The molecular weight excluding hydrogens is 320 g/mol. The van der Waals surface area contributed by atoms with Gasteiger partial charge in [-0.05, 0) is 12.1 Å². The minimum atomic E-state index is -0.111. The summed E-state index contributed by atoms with van der Waals surface area (Å²) in [4.78, 5) is 23.1. The molecule has 8 heteroatoms. The summed E-state index contributed by atoms with van der Waals surface area (Å²) in [7, 11) is 1.64. The highest BCUT2D eigenvalue weighted by Gasteiger charge is 2.07. The van der Waals surface area contributed by atoms with Gasteiger partial charge in [-0.15, -0.1) is 11.3 Å². The van der Waals surface area contributed by atoms with Crippen LogP contribution in [-0.2, 0) is 10.5 Å². The molecule has 0 saturated heterocycles. The fourth-order valence-electron chi connectivity index (χ4n) is 1.88. The third kappa shape index (κ3) is 3.40. The summed E-state index contributed by atoms with van der Waals surface area (Å²) in [5.74, 6) is 1.37. The second kappa shape index (κ2) is 6.37. The quantitative estimate of drug-likeness (QED) is 0.700. The van der Waals surface area contributed by atoms with Crippen LogP contribution in [0, 0.1) is 0 Å². The minimum absolute atomic E-state index is 0.111. The maximum absolute atomic E-state index is 11.0. The lowest BCUT2D eigenvalue weighted by atomic mass is 10.3. The number of anilines is 1. The van der Waals surface area contributed by atoms with Crippen LogP contribution in [0.1, 0.15) is 12.6 Å². The highest BCUT2D eigenvalue weighted by atomic mass is 32.2. The van der Waals surface area contributed by atoms with E-state index in [1.807, 2.05) is 23.6 Å². The summed E-state index contributed by atoms with van der Waals surface area (Å²) >= 11 is 2.99. The molecule has 0 bridgehead atoms. The number of nitrogens with zero attached hydrogens (tertiary/aromatic N) is 2. The maximum atomic E-state index is 11.0. The monoisotopic (exact) mass is 334 g/mol. The number of thiazole rings is 1. The van der Waals surface area contributed by atoms with Gasteiger partial charge in [0.25, 0.3) is 0 Å². The summed E-state index contributed by atoms with van der Waals surface area (Å²) in [6.07, 6.45) is 0. The Labute approximate surface area is 135 Å². The largest absolute Gasteiger partial charge is 0.497 e. The van der Waals surface area contributed by atoms with Crippen molar-refractivity contribution in [1.29, 1.82) is 0 Å². The van der Waals surface area contributed by atoms with Crippen LogP contribution in [-0.4, -0.2) is 28.0 Å². The molecule has 0 fully saturated rings. The van der Waals surface area contributed by atoms with Crippen LogP contribution in [0.3, 0.4) is 0 Å². The molecule has 0 aliphatic heterocycles. The van der Waals surface area contributed by atoms with Crippen LogP contribution in [0.25, 0.3) is 11.0 Å². The number of benzene rings is 1. The first-order valence-electron chi connectivity index (χ1n) is 6.52. The molecule has 6 nitrogen and oxygen atoms in total. The Hall–Kier alpha value is -2.06. The van der Waals surface area contributed by atoms with E-state index in [1.165, 1.54) is 18.3 Å². The first-order valence-corrected chi connectivity index (χ1v) is 8.39. The van der Waals surface area contributed by atoms with Gasteiger partial charge in [-0.3, -0.25) is 4.79 Å². The predicted octanol–water partition coefficient (Wildman–Crippen LogP) is 3.28. The molecule has 3 aromatic rings. The number of carbonyl (C=O) groups is 1. The minimum Gasteiger partial charge on any atom is -0.497 e. The number of thioether (sulfide) groups is 1. The van der Waals surface area contributed by atoms with E-state index in [2.05, 4.69) is 20.3 Å². The first-order chi connectivity index (χ1) is 10.6. The Balaban J connectivity index is 1.68. The number of imidazole rings is 1. The van der Waals surface area contributed by atoms with Gasteiger partial charge < -0.3 is 15.0 Å². The number of rotatable bonds is 5. The number of fused-ring (bicyclic) bond motifs is 1. The second-order valence-corrected chi connectivity index (χ2v) is 6.36. The van der Waals surface area contributed by atoms with Gasteiger partial charge >= 0.3 is 0 Å². The zero-order valence-corrected chi connectivity index (χ0v) is 13.7. The van der Waals surface area contributed by atoms with Crippen LogP contribution in [0.15, 0.2) is 28.7 Å². The van der Waals surface area contributed by atoms with Crippen molar-refractivity contribution in [2.45, 2.75) is 17.8 Å². The first kappa shape index (κ1) is 14.9. The van der Waals surface area contributed by atoms with E-state index in [-0.39, 0.29) is 5.91 Å². The summed E-state index contributed by atoms with van der Waals surface area (Å²) in [5, 5.41) is 6.07. The third-order valence-corrected chi connectivity index (χ3v) is 4.57. The summed E-state index contributed by atoms with van der Waals surface area (Å²) in [6, 6.07) is 5.73. The average Bonchev–Trinajstić information content (AvgIpc) is 3.09. The number of amides is 1. The van der Waals surface area contributed by atoms with Crippen molar-refractivity contribution in [3.63, 3.8) is 0 Å². The smallest absolute Gasteiger partial charge is 0.223 e. The van der Waals surface area contributed by atoms with Crippen LogP contribution >= 0.6 is 23.1 Å². The molecule has 2 N–H and O–H groups in total. The van der Waals surface area contributed by atoms with E-state index in [4.69, 9.17) is 4.74 Å². The lowest BCUT2D eigenvalue weighted by molar-refractivity contribution is -0.114. The average molecular weight is 334 g/mol. The molecular formula is C14H14N4O2S2. The highest BCUT2D eigenvalue weighted by Crippen LogP contribution is 2.26. The van der Waals surface area contributed by atoms with Gasteiger partial charge in [0.15, 0.2) is 10.3 Å². The zero-order chi connectivity index (χ0) is 15.5. The number of carbonyl (C=O) groups excluding carboxylic acids is 1. The molecule has 22 heavy (non-hydrogen) atoms. The summed E-state index contributed by atoms with van der Waals surface area (Å²) in [5.41, 5.74) is 2.76. The standard InChI is InChI=1S/C14H14N4O2S2/c1-8(19)15-13-16-9(6-21-13)7-22-14-17-11-4-3-10(20-2)5-12(11)18-14/h3-6H,7H2,1-2H3,(H,17,18)(H,15,16,19). The van der Waals surface area contributed by atoms with Crippen LogP contribution < -0.4 is 10.1 Å². The Morgan fingerprint density at radius 2 is 2.32 bits per heavy atom. The molecule has 0 aliphatic rings. The fraction of sp³-hybridized carbons (Fsp3) is 0.214. The van der Waals surface area contributed by atoms with Gasteiger partial charge in [0.1, 0.15) is 5.75 Å². The van der Waals surface area contributed by atoms with Gasteiger partial charge in [-0.1, -0.05) is 11.8 Å². The summed E-state index contributed by atoms with van der Waals surface area (Å²) in [6.45, 7) is 1.47. The Morgan fingerprint density at radius 1 is 1.45 bits per heavy atom.